The summed E-state index contributed by atoms with van der Waals surface area (Å²) in [5.74, 6) is 0.0474. The van der Waals surface area contributed by atoms with Gasteiger partial charge in [0.15, 0.2) is 0 Å². The second-order valence-corrected chi connectivity index (χ2v) is 5.48. The Balaban J connectivity index is 2.39. The standard InChI is InChI=1S/C12H18ClN3O/c1-8(2)16-10(9(13)7-15-16)11(17)12(3)5-4-6-14-12/h7-8,14H,4-6H2,1-3H3. The first-order chi connectivity index (χ1) is 7.96. The smallest absolute Gasteiger partial charge is 0.202 e. The van der Waals surface area contributed by atoms with Gasteiger partial charge in [-0.05, 0) is 40.2 Å². The van der Waals surface area contributed by atoms with E-state index in [0.29, 0.717) is 10.7 Å². The molecule has 2 rings (SSSR count). The van der Waals surface area contributed by atoms with Crippen LogP contribution in [0.3, 0.4) is 0 Å². The maximum atomic E-state index is 12.6. The molecule has 0 saturated carbocycles. The van der Waals surface area contributed by atoms with Crippen LogP contribution in [-0.2, 0) is 0 Å². The van der Waals surface area contributed by atoms with Crippen molar-refractivity contribution in [3.63, 3.8) is 0 Å². The van der Waals surface area contributed by atoms with Gasteiger partial charge in [-0.2, -0.15) is 5.10 Å². The molecule has 0 radical (unpaired) electrons. The van der Waals surface area contributed by atoms with Crippen molar-refractivity contribution in [1.29, 1.82) is 0 Å². The maximum Gasteiger partial charge on any atom is 0.202 e. The van der Waals surface area contributed by atoms with Crippen LogP contribution in [0.25, 0.3) is 0 Å². The zero-order valence-electron chi connectivity index (χ0n) is 10.5. The molecule has 1 aromatic heterocycles. The molecule has 1 aromatic rings. The van der Waals surface area contributed by atoms with Crippen LogP contribution in [0.4, 0.5) is 0 Å². The Labute approximate surface area is 106 Å². The molecule has 94 valence electrons. The molecular weight excluding hydrogens is 238 g/mol. The molecule has 0 aromatic carbocycles. The molecule has 0 amide bonds. The number of halogens is 1. The van der Waals surface area contributed by atoms with Crippen molar-refractivity contribution in [2.75, 3.05) is 6.54 Å². The van der Waals surface area contributed by atoms with Gasteiger partial charge in [-0.1, -0.05) is 11.6 Å². The summed E-state index contributed by atoms with van der Waals surface area (Å²) in [5, 5.41) is 7.88. The van der Waals surface area contributed by atoms with Crippen LogP contribution in [0.15, 0.2) is 6.20 Å². The van der Waals surface area contributed by atoms with E-state index in [2.05, 4.69) is 10.4 Å². The lowest BCUT2D eigenvalue weighted by Gasteiger charge is -2.23. The van der Waals surface area contributed by atoms with Gasteiger partial charge in [0.05, 0.1) is 16.8 Å². The van der Waals surface area contributed by atoms with Crippen molar-refractivity contribution in [3.8, 4) is 0 Å². The van der Waals surface area contributed by atoms with Crippen LogP contribution in [0.2, 0.25) is 5.02 Å². The van der Waals surface area contributed by atoms with E-state index in [1.54, 1.807) is 10.9 Å². The van der Waals surface area contributed by atoms with Gasteiger partial charge in [-0.15, -0.1) is 0 Å². The van der Waals surface area contributed by atoms with E-state index in [0.717, 1.165) is 19.4 Å². The van der Waals surface area contributed by atoms with E-state index in [1.807, 2.05) is 20.8 Å². The van der Waals surface area contributed by atoms with Crippen LogP contribution in [0.5, 0.6) is 0 Å². The lowest BCUT2D eigenvalue weighted by atomic mass is 9.92. The molecule has 1 atom stereocenters. The second-order valence-electron chi connectivity index (χ2n) is 5.07. The monoisotopic (exact) mass is 255 g/mol. The van der Waals surface area contributed by atoms with Gasteiger partial charge in [0.1, 0.15) is 5.69 Å². The summed E-state index contributed by atoms with van der Waals surface area (Å²) in [7, 11) is 0. The van der Waals surface area contributed by atoms with Crippen molar-refractivity contribution >= 4 is 17.4 Å². The van der Waals surface area contributed by atoms with Gasteiger partial charge in [-0.3, -0.25) is 9.48 Å². The number of Topliss-reactive ketones (excluding diaryl/α,β-unsaturated/α-hetero) is 1. The highest BCUT2D eigenvalue weighted by atomic mass is 35.5. The topological polar surface area (TPSA) is 46.9 Å². The molecule has 5 heteroatoms. The maximum absolute atomic E-state index is 12.6. The summed E-state index contributed by atoms with van der Waals surface area (Å²) < 4.78 is 1.70. The minimum atomic E-state index is -0.490. The fourth-order valence-electron chi connectivity index (χ4n) is 2.29. The third-order valence-electron chi connectivity index (χ3n) is 3.32. The SMILES string of the molecule is CC(C)n1ncc(Cl)c1C(=O)C1(C)CCCN1. The molecule has 1 N–H and O–H groups in total. The van der Waals surface area contributed by atoms with E-state index < -0.39 is 5.54 Å². The zero-order chi connectivity index (χ0) is 12.6. The lowest BCUT2D eigenvalue weighted by molar-refractivity contribution is 0.0871. The van der Waals surface area contributed by atoms with Gasteiger partial charge >= 0.3 is 0 Å². The summed E-state index contributed by atoms with van der Waals surface area (Å²) in [6.45, 7) is 6.81. The Morgan fingerprint density at radius 2 is 2.35 bits per heavy atom. The first-order valence-corrected chi connectivity index (χ1v) is 6.36. The van der Waals surface area contributed by atoms with Crippen molar-refractivity contribution in [3.05, 3.63) is 16.9 Å². The van der Waals surface area contributed by atoms with Crippen molar-refractivity contribution in [2.24, 2.45) is 0 Å². The molecule has 0 bridgehead atoms. The van der Waals surface area contributed by atoms with Crippen molar-refractivity contribution < 1.29 is 4.79 Å². The number of rotatable bonds is 3. The Kier molecular flexibility index (Phi) is 3.27. The Hall–Kier alpha value is -0.870. The number of ketones is 1. The number of nitrogens with zero attached hydrogens (tertiary/aromatic N) is 2. The summed E-state index contributed by atoms with van der Waals surface area (Å²) >= 11 is 6.09. The van der Waals surface area contributed by atoms with Gasteiger partial charge in [0.2, 0.25) is 5.78 Å². The first kappa shape index (κ1) is 12.6. The van der Waals surface area contributed by atoms with Gasteiger partial charge < -0.3 is 5.32 Å². The molecule has 1 unspecified atom stereocenters. The van der Waals surface area contributed by atoms with E-state index in [4.69, 9.17) is 11.6 Å². The molecule has 1 saturated heterocycles. The van der Waals surface area contributed by atoms with Crippen LogP contribution in [-0.4, -0.2) is 27.6 Å². The summed E-state index contributed by atoms with van der Waals surface area (Å²) in [5.41, 5.74) is 0.0367. The van der Waals surface area contributed by atoms with Crippen LogP contribution in [0, 0.1) is 0 Å². The molecule has 0 aliphatic carbocycles. The average molecular weight is 256 g/mol. The number of aromatic nitrogens is 2. The van der Waals surface area contributed by atoms with Crippen molar-refractivity contribution in [1.82, 2.24) is 15.1 Å². The molecular formula is C12H18ClN3O. The quantitative estimate of drug-likeness (QED) is 0.844. The molecule has 0 spiro atoms. The number of carbonyl (C=O) groups excluding carboxylic acids is 1. The van der Waals surface area contributed by atoms with E-state index in [-0.39, 0.29) is 11.8 Å². The van der Waals surface area contributed by atoms with Crippen molar-refractivity contribution in [2.45, 2.75) is 45.2 Å². The molecule has 4 nitrogen and oxygen atoms in total. The summed E-state index contributed by atoms with van der Waals surface area (Å²) in [6.07, 6.45) is 3.42. The fourth-order valence-corrected chi connectivity index (χ4v) is 2.51. The fraction of sp³-hybridized carbons (Fsp3) is 0.667. The normalized spacial score (nSPS) is 24.5. The number of hydrogen-bond acceptors (Lipinski definition) is 3. The van der Waals surface area contributed by atoms with Gasteiger partial charge in [0, 0.05) is 6.04 Å². The number of carbonyl (C=O) groups is 1. The zero-order valence-corrected chi connectivity index (χ0v) is 11.2. The molecule has 2 heterocycles. The van der Waals surface area contributed by atoms with E-state index in [9.17, 15) is 4.79 Å². The van der Waals surface area contributed by atoms with Gasteiger partial charge in [-0.25, -0.2) is 0 Å². The lowest BCUT2D eigenvalue weighted by Crippen LogP contribution is -2.45. The first-order valence-electron chi connectivity index (χ1n) is 5.98. The second kappa shape index (κ2) is 4.42. The predicted octanol–water partition coefficient (Wildman–Crippen LogP) is 2.44. The molecule has 1 aliphatic heterocycles. The van der Waals surface area contributed by atoms with Crippen LogP contribution in [0.1, 0.15) is 50.1 Å². The third kappa shape index (κ3) is 2.11. The summed E-state index contributed by atoms with van der Waals surface area (Å²) in [4.78, 5) is 12.6. The molecule has 1 aliphatic rings. The van der Waals surface area contributed by atoms with Crippen LogP contribution >= 0.6 is 11.6 Å². The summed E-state index contributed by atoms with van der Waals surface area (Å²) in [6, 6.07) is 0.131. The minimum Gasteiger partial charge on any atom is -0.305 e. The Bertz CT molecular complexity index is 433. The Morgan fingerprint density at radius 3 is 2.88 bits per heavy atom. The highest BCUT2D eigenvalue weighted by molar-refractivity contribution is 6.34. The third-order valence-corrected chi connectivity index (χ3v) is 3.60. The average Bonchev–Trinajstić information content (AvgIpc) is 2.85. The largest absolute Gasteiger partial charge is 0.305 e. The van der Waals surface area contributed by atoms with Crippen LogP contribution < -0.4 is 5.32 Å². The number of hydrogen-bond donors (Lipinski definition) is 1. The van der Waals surface area contributed by atoms with E-state index >= 15 is 0 Å². The Morgan fingerprint density at radius 1 is 1.65 bits per heavy atom. The minimum absolute atomic E-state index is 0.0474. The highest BCUT2D eigenvalue weighted by Gasteiger charge is 2.39. The van der Waals surface area contributed by atoms with E-state index in [1.165, 1.54) is 0 Å². The highest BCUT2D eigenvalue weighted by Crippen LogP contribution is 2.28. The van der Waals surface area contributed by atoms with Gasteiger partial charge in [0.25, 0.3) is 0 Å². The number of nitrogens with one attached hydrogen (secondary N) is 1. The molecule has 1 fully saturated rings. The molecule has 17 heavy (non-hydrogen) atoms. The predicted molar refractivity (Wildman–Crippen MR) is 67.6 cm³/mol.